The maximum absolute atomic E-state index is 12.5. The molecule has 2 aliphatic heterocycles. The summed E-state index contributed by atoms with van der Waals surface area (Å²) in [7, 11) is 1.76. The normalized spacial score (nSPS) is 21.4. The quantitative estimate of drug-likeness (QED) is 0.131. The number of amides is 2. The molecule has 2 saturated heterocycles. The van der Waals surface area contributed by atoms with Gasteiger partial charge < -0.3 is 35.7 Å². The zero-order valence-electron chi connectivity index (χ0n) is 27.2. The number of hydrogen-bond acceptors (Lipinski definition) is 8. The lowest BCUT2D eigenvalue weighted by Gasteiger charge is -2.38. The van der Waals surface area contributed by atoms with Gasteiger partial charge in [0.25, 0.3) is 0 Å². The second-order valence-corrected chi connectivity index (χ2v) is 12.5. The predicted octanol–water partition coefficient (Wildman–Crippen LogP) is 5.23. The molecule has 2 heterocycles. The molecule has 5 N–H and O–H groups in total. The van der Waals surface area contributed by atoms with Gasteiger partial charge in [-0.05, 0) is 61.1 Å². The van der Waals surface area contributed by atoms with E-state index in [4.69, 9.17) is 19.9 Å². The fraction of sp³-hybridized carbons (Fsp3) is 0.459. The van der Waals surface area contributed by atoms with Crippen molar-refractivity contribution in [3.05, 3.63) is 95.1 Å². The van der Waals surface area contributed by atoms with Crippen molar-refractivity contribution in [1.82, 2.24) is 10.2 Å². The SMILES string of the molecule is COC[C@@H]1CCCN1C[C@H]1C[C@@H](c2ccc(CO)cc2)O[C@@H](c2ccc(CNC(=O)CCCCC(=O)Nc3ccccc3N)cc2)O1. The number of nitrogens with one attached hydrogen (secondary N) is 2. The van der Waals surface area contributed by atoms with Crippen molar-refractivity contribution in [2.75, 3.05) is 37.9 Å². The van der Waals surface area contributed by atoms with E-state index in [1.807, 2.05) is 60.7 Å². The minimum atomic E-state index is -0.529. The number of unbranched alkanes of at least 4 members (excludes halogenated alkanes) is 1. The predicted molar refractivity (Wildman–Crippen MR) is 181 cm³/mol. The zero-order valence-corrected chi connectivity index (χ0v) is 27.2. The molecule has 0 saturated carbocycles. The average Bonchev–Trinajstić information content (AvgIpc) is 3.53. The van der Waals surface area contributed by atoms with Crippen LogP contribution in [0, 0.1) is 0 Å². The van der Waals surface area contributed by atoms with Crippen LogP contribution in [0.5, 0.6) is 0 Å². The van der Waals surface area contributed by atoms with Crippen molar-refractivity contribution in [3.63, 3.8) is 0 Å². The summed E-state index contributed by atoms with van der Waals surface area (Å²) in [5.41, 5.74) is 10.8. The molecule has 3 aromatic rings. The number of para-hydroxylation sites is 2. The maximum Gasteiger partial charge on any atom is 0.224 e. The Hall–Kier alpha value is -3.80. The number of likely N-dealkylation sites (tertiary alicyclic amines) is 1. The van der Waals surface area contributed by atoms with Gasteiger partial charge in [0.1, 0.15) is 0 Å². The van der Waals surface area contributed by atoms with E-state index in [0.717, 1.165) is 61.2 Å². The second kappa shape index (κ2) is 17.4. The molecule has 3 aromatic carbocycles. The number of rotatable bonds is 15. The number of nitrogen functional groups attached to an aromatic ring is 1. The van der Waals surface area contributed by atoms with Gasteiger partial charge in [0.15, 0.2) is 6.29 Å². The van der Waals surface area contributed by atoms with Gasteiger partial charge in [-0.25, -0.2) is 0 Å². The Balaban J connectivity index is 1.11. The average molecular weight is 645 g/mol. The van der Waals surface area contributed by atoms with Crippen molar-refractivity contribution < 1.29 is 28.9 Å². The molecule has 2 fully saturated rings. The molecule has 0 unspecified atom stereocenters. The summed E-state index contributed by atoms with van der Waals surface area (Å²) >= 11 is 0. The first-order chi connectivity index (χ1) is 22.9. The second-order valence-electron chi connectivity index (χ2n) is 12.5. The molecule has 2 amide bonds. The van der Waals surface area contributed by atoms with Gasteiger partial charge in [0.05, 0.1) is 36.8 Å². The van der Waals surface area contributed by atoms with Crippen LogP contribution in [0.25, 0.3) is 0 Å². The lowest BCUT2D eigenvalue weighted by Crippen LogP contribution is -2.42. The molecule has 10 heteroatoms. The molecule has 2 aliphatic rings. The molecule has 0 aliphatic carbocycles. The molecule has 0 bridgehead atoms. The van der Waals surface area contributed by atoms with E-state index < -0.39 is 6.29 Å². The lowest BCUT2D eigenvalue weighted by atomic mass is 9.99. The molecule has 47 heavy (non-hydrogen) atoms. The molecule has 10 nitrogen and oxygen atoms in total. The Morgan fingerprint density at radius 1 is 0.936 bits per heavy atom. The van der Waals surface area contributed by atoms with Gasteiger partial charge in [-0.2, -0.15) is 0 Å². The van der Waals surface area contributed by atoms with Crippen LogP contribution in [0.3, 0.4) is 0 Å². The summed E-state index contributed by atoms with van der Waals surface area (Å²) < 4.78 is 18.6. The number of ether oxygens (including phenoxy) is 3. The topological polar surface area (TPSA) is 135 Å². The van der Waals surface area contributed by atoms with Crippen LogP contribution in [0.1, 0.15) is 79.6 Å². The number of methoxy groups -OCH3 is 1. The first-order valence-electron chi connectivity index (χ1n) is 16.6. The first kappa shape index (κ1) is 34.5. The Kier molecular flexibility index (Phi) is 12.8. The number of hydrogen-bond donors (Lipinski definition) is 4. The minimum Gasteiger partial charge on any atom is -0.397 e. The first-order valence-corrected chi connectivity index (χ1v) is 16.6. The van der Waals surface area contributed by atoms with Crippen LogP contribution in [0.4, 0.5) is 11.4 Å². The third-order valence-corrected chi connectivity index (χ3v) is 8.95. The van der Waals surface area contributed by atoms with E-state index in [1.165, 1.54) is 0 Å². The molecule has 0 radical (unpaired) electrons. The van der Waals surface area contributed by atoms with E-state index >= 15 is 0 Å². The van der Waals surface area contributed by atoms with Crippen LogP contribution in [0.2, 0.25) is 0 Å². The number of aliphatic hydroxyl groups excluding tert-OH is 1. The van der Waals surface area contributed by atoms with E-state index in [-0.39, 0.29) is 30.6 Å². The summed E-state index contributed by atoms with van der Waals surface area (Å²) in [6.45, 7) is 2.99. The van der Waals surface area contributed by atoms with Crippen molar-refractivity contribution in [2.45, 2.75) is 82.6 Å². The largest absolute Gasteiger partial charge is 0.397 e. The number of carbonyl (C=O) groups excluding carboxylic acids is 2. The molecule has 252 valence electrons. The van der Waals surface area contributed by atoms with Crippen LogP contribution in [0.15, 0.2) is 72.8 Å². The number of nitrogens with two attached hydrogens (primary N) is 1. The van der Waals surface area contributed by atoms with Gasteiger partial charge in [0.2, 0.25) is 11.8 Å². The van der Waals surface area contributed by atoms with Crippen LogP contribution in [-0.4, -0.2) is 60.8 Å². The third-order valence-electron chi connectivity index (χ3n) is 8.95. The highest BCUT2D eigenvalue weighted by molar-refractivity contribution is 5.93. The van der Waals surface area contributed by atoms with Crippen LogP contribution >= 0.6 is 0 Å². The third kappa shape index (κ3) is 10.1. The van der Waals surface area contributed by atoms with Gasteiger partial charge in [-0.1, -0.05) is 60.7 Å². The molecule has 5 rings (SSSR count). The number of benzene rings is 3. The van der Waals surface area contributed by atoms with Gasteiger partial charge in [-0.15, -0.1) is 0 Å². The molecular weight excluding hydrogens is 596 g/mol. The van der Waals surface area contributed by atoms with E-state index in [2.05, 4.69) is 15.5 Å². The van der Waals surface area contributed by atoms with Crippen molar-refractivity contribution >= 4 is 23.2 Å². The summed E-state index contributed by atoms with van der Waals surface area (Å²) in [5, 5.41) is 15.3. The standard InChI is InChI=1S/C37H48N4O6/c1-45-25-30-7-6-20-41(30)23-31-21-34(28-16-14-27(24-42)15-17-28)47-37(46-31)29-18-12-26(13-19-29)22-39-35(43)10-4-5-11-36(44)40-33-9-3-2-8-32(33)38/h2-3,8-9,12-19,30-31,34,37,42H,4-7,10-11,20-25,38H2,1H3,(H,39,43)(H,40,44)/t30-,31+,34-,37-/m0/s1. The van der Waals surface area contributed by atoms with Crippen molar-refractivity contribution in [1.29, 1.82) is 0 Å². The zero-order chi connectivity index (χ0) is 33.0. The number of carbonyl (C=O) groups is 2. The monoisotopic (exact) mass is 644 g/mol. The highest BCUT2D eigenvalue weighted by atomic mass is 16.7. The van der Waals surface area contributed by atoms with Gasteiger partial charge in [0, 0.05) is 51.1 Å². The molecule has 0 aromatic heterocycles. The Morgan fingerprint density at radius 3 is 2.36 bits per heavy atom. The van der Waals surface area contributed by atoms with E-state index in [0.29, 0.717) is 49.6 Å². The van der Waals surface area contributed by atoms with Gasteiger partial charge >= 0.3 is 0 Å². The summed E-state index contributed by atoms with van der Waals surface area (Å²) in [5.74, 6) is -0.162. The molecule has 4 atom stereocenters. The maximum atomic E-state index is 12.5. The number of aliphatic hydroxyl groups is 1. The Morgan fingerprint density at radius 2 is 1.64 bits per heavy atom. The summed E-state index contributed by atoms with van der Waals surface area (Å²) in [6.07, 6.45) is 4.25. The minimum absolute atomic E-state index is 0.00693. The fourth-order valence-electron chi connectivity index (χ4n) is 6.29. The van der Waals surface area contributed by atoms with E-state index in [1.54, 1.807) is 19.2 Å². The smallest absolute Gasteiger partial charge is 0.224 e. The molecular formula is C37H48N4O6. The van der Waals surface area contributed by atoms with Gasteiger partial charge in [-0.3, -0.25) is 14.5 Å². The Labute approximate surface area is 277 Å². The van der Waals surface area contributed by atoms with Crippen molar-refractivity contribution in [3.8, 4) is 0 Å². The number of anilines is 2. The summed E-state index contributed by atoms with van der Waals surface area (Å²) in [6, 6.07) is 23.5. The Bertz CT molecular complexity index is 1430. The lowest BCUT2D eigenvalue weighted by molar-refractivity contribution is -0.253. The molecule has 0 spiro atoms. The highest BCUT2D eigenvalue weighted by Crippen LogP contribution is 2.38. The number of nitrogens with zero attached hydrogens (tertiary/aromatic N) is 1. The van der Waals surface area contributed by atoms with Crippen LogP contribution < -0.4 is 16.4 Å². The fourth-order valence-corrected chi connectivity index (χ4v) is 6.29. The summed E-state index contributed by atoms with van der Waals surface area (Å²) in [4.78, 5) is 27.2. The van der Waals surface area contributed by atoms with E-state index in [9.17, 15) is 14.7 Å². The highest BCUT2D eigenvalue weighted by Gasteiger charge is 2.35. The van der Waals surface area contributed by atoms with Crippen LogP contribution in [-0.2, 0) is 37.0 Å². The van der Waals surface area contributed by atoms with Crippen molar-refractivity contribution in [2.24, 2.45) is 0 Å².